The van der Waals surface area contributed by atoms with Crippen LogP contribution in [-0.2, 0) is 0 Å². The quantitative estimate of drug-likeness (QED) is 0.808. The average molecular weight is 299 g/mol. The number of benzene rings is 1. The highest BCUT2D eigenvalue weighted by Gasteiger charge is 2.06. The fourth-order valence-electron chi connectivity index (χ4n) is 1.25. The minimum absolute atomic E-state index is 0.575. The van der Waals surface area contributed by atoms with Gasteiger partial charge in [-0.25, -0.2) is 0 Å². The van der Waals surface area contributed by atoms with Crippen molar-refractivity contribution in [1.82, 2.24) is 4.98 Å². The number of ether oxygens (including phenoxy) is 1. The Labute approximate surface area is 107 Å². The fourth-order valence-corrected chi connectivity index (χ4v) is 1.75. The number of rotatable bonds is 2. The van der Waals surface area contributed by atoms with E-state index in [4.69, 9.17) is 16.3 Å². The van der Waals surface area contributed by atoms with E-state index >= 15 is 0 Å². The van der Waals surface area contributed by atoms with Crippen LogP contribution in [-0.4, -0.2) is 4.98 Å². The molecular formula is C12H9BrClNO. The molecule has 0 aliphatic rings. The maximum atomic E-state index is 6.03. The van der Waals surface area contributed by atoms with Gasteiger partial charge in [-0.2, -0.15) is 0 Å². The van der Waals surface area contributed by atoms with Crippen molar-refractivity contribution < 1.29 is 4.74 Å². The molecule has 16 heavy (non-hydrogen) atoms. The van der Waals surface area contributed by atoms with Gasteiger partial charge in [0.25, 0.3) is 0 Å². The zero-order valence-corrected chi connectivity index (χ0v) is 10.9. The second kappa shape index (κ2) is 4.85. The first kappa shape index (κ1) is 11.4. The first-order valence-electron chi connectivity index (χ1n) is 4.71. The summed E-state index contributed by atoms with van der Waals surface area (Å²) in [5, 5.41) is 0.575. The molecule has 0 amide bonds. The van der Waals surface area contributed by atoms with E-state index in [1.54, 1.807) is 12.3 Å². The van der Waals surface area contributed by atoms with Gasteiger partial charge in [-0.15, -0.1) is 0 Å². The van der Waals surface area contributed by atoms with Gasteiger partial charge in [0.05, 0.1) is 10.7 Å². The zero-order valence-electron chi connectivity index (χ0n) is 8.58. The van der Waals surface area contributed by atoms with E-state index in [0.717, 1.165) is 10.2 Å². The molecule has 0 atom stereocenters. The van der Waals surface area contributed by atoms with E-state index in [1.807, 2.05) is 31.2 Å². The van der Waals surface area contributed by atoms with Crippen molar-refractivity contribution in [2.45, 2.75) is 6.92 Å². The Morgan fingerprint density at radius 1 is 1.25 bits per heavy atom. The van der Waals surface area contributed by atoms with Gasteiger partial charge in [0.2, 0.25) is 0 Å². The number of halogens is 2. The molecule has 1 aromatic heterocycles. The van der Waals surface area contributed by atoms with Crippen molar-refractivity contribution in [3.63, 3.8) is 0 Å². The summed E-state index contributed by atoms with van der Waals surface area (Å²) in [7, 11) is 0. The third-order valence-corrected chi connectivity index (χ3v) is 2.88. The zero-order chi connectivity index (χ0) is 11.5. The van der Waals surface area contributed by atoms with Crippen LogP contribution in [0.5, 0.6) is 11.5 Å². The normalized spacial score (nSPS) is 10.2. The lowest BCUT2D eigenvalue weighted by Crippen LogP contribution is -1.90. The van der Waals surface area contributed by atoms with Crippen molar-refractivity contribution in [3.05, 3.63) is 51.7 Å². The van der Waals surface area contributed by atoms with Crippen LogP contribution in [0.4, 0.5) is 0 Å². The molecule has 82 valence electrons. The van der Waals surface area contributed by atoms with E-state index in [9.17, 15) is 0 Å². The van der Waals surface area contributed by atoms with Crippen molar-refractivity contribution in [2.75, 3.05) is 0 Å². The fraction of sp³-hybridized carbons (Fsp3) is 0.0833. The minimum Gasteiger partial charge on any atom is -0.454 e. The Bertz CT molecular complexity index is 516. The standard InChI is InChI=1S/C12H9BrClNO/c1-8-11(3-2-6-15-8)16-12-7-9(13)4-5-10(12)14/h2-7H,1H3. The summed E-state index contributed by atoms with van der Waals surface area (Å²) in [5.74, 6) is 1.33. The monoisotopic (exact) mass is 297 g/mol. The van der Waals surface area contributed by atoms with Crippen LogP contribution in [0.15, 0.2) is 41.0 Å². The molecule has 0 bridgehead atoms. The van der Waals surface area contributed by atoms with Gasteiger partial charge >= 0.3 is 0 Å². The molecule has 1 aromatic carbocycles. The van der Waals surface area contributed by atoms with E-state index in [-0.39, 0.29) is 0 Å². The summed E-state index contributed by atoms with van der Waals surface area (Å²) >= 11 is 9.41. The van der Waals surface area contributed by atoms with Gasteiger partial charge in [-0.05, 0) is 37.3 Å². The van der Waals surface area contributed by atoms with Crippen LogP contribution in [0.25, 0.3) is 0 Å². The lowest BCUT2D eigenvalue weighted by atomic mass is 10.3. The van der Waals surface area contributed by atoms with Crippen LogP contribution >= 0.6 is 27.5 Å². The molecule has 0 aliphatic heterocycles. The van der Waals surface area contributed by atoms with Gasteiger partial charge < -0.3 is 4.74 Å². The van der Waals surface area contributed by atoms with E-state index < -0.39 is 0 Å². The van der Waals surface area contributed by atoms with Crippen LogP contribution < -0.4 is 4.74 Å². The van der Waals surface area contributed by atoms with Crippen LogP contribution in [0.2, 0.25) is 5.02 Å². The number of nitrogens with zero attached hydrogens (tertiary/aromatic N) is 1. The SMILES string of the molecule is Cc1ncccc1Oc1cc(Br)ccc1Cl. The molecule has 0 fully saturated rings. The Kier molecular flexibility index (Phi) is 3.46. The number of pyridine rings is 1. The molecule has 0 radical (unpaired) electrons. The molecule has 0 aliphatic carbocycles. The summed E-state index contributed by atoms with van der Waals surface area (Å²) in [6, 6.07) is 9.17. The first-order chi connectivity index (χ1) is 7.66. The summed E-state index contributed by atoms with van der Waals surface area (Å²) in [6.07, 6.45) is 1.73. The molecule has 0 saturated heterocycles. The van der Waals surface area contributed by atoms with Gasteiger partial charge in [0, 0.05) is 10.7 Å². The number of aromatic nitrogens is 1. The van der Waals surface area contributed by atoms with Gasteiger partial charge in [-0.3, -0.25) is 4.98 Å². The molecule has 2 rings (SSSR count). The number of hydrogen-bond acceptors (Lipinski definition) is 2. The second-order valence-electron chi connectivity index (χ2n) is 3.26. The topological polar surface area (TPSA) is 22.1 Å². The molecule has 4 heteroatoms. The van der Waals surface area contributed by atoms with Gasteiger partial charge in [0.1, 0.15) is 11.5 Å². The van der Waals surface area contributed by atoms with Crippen molar-refractivity contribution in [3.8, 4) is 11.5 Å². The molecular weight excluding hydrogens is 289 g/mol. The predicted molar refractivity (Wildman–Crippen MR) is 68.2 cm³/mol. The maximum absolute atomic E-state index is 6.03. The highest BCUT2D eigenvalue weighted by molar-refractivity contribution is 9.10. The lowest BCUT2D eigenvalue weighted by Gasteiger charge is -2.09. The van der Waals surface area contributed by atoms with Crippen LogP contribution in [0, 0.1) is 6.92 Å². The minimum atomic E-state index is 0.575. The highest BCUT2D eigenvalue weighted by atomic mass is 79.9. The smallest absolute Gasteiger partial charge is 0.148 e. The highest BCUT2D eigenvalue weighted by Crippen LogP contribution is 2.32. The molecule has 0 N–H and O–H groups in total. The molecule has 2 nitrogen and oxygen atoms in total. The molecule has 2 aromatic rings. The third kappa shape index (κ3) is 2.54. The predicted octanol–water partition coefficient (Wildman–Crippen LogP) is 4.60. The Balaban J connectivity index is 2.34. The van der Waals surface area contributed by atoms with Crippen LogP contribution in [0.3, 0.4) is 0 Å². The Morgan fingerprint density at radius 2 is 2.06 bits per heavy atom. The molecule has 1 heterocycles. The summed E-state index contributed by atoms with van der Waals surface area (Å²) < 4.78 is 6.62. The number of aryl methyl sites for hydroxylation is 1. The lowest BCUT2D eigenvalue weighted by molar-refractivity contribution is 0.475. The molecule has 0 saturated carbocycles. The average Bonchev–Trinajstić information content (AvgIpc) is 2.27. The van der Waals surface area contributed by atoms with E-state index in [2.05, 4.69) is 20.9 Å². The van der Waals surface area contributed by atoms with Crippen LogP contribution in [0.1, 0.15) is 5.69 Å². The number of hydrogen-bond donors (Lipinski definition) is 0. The molecule has 0 spiro atoms. The first-order valence-corrected chi connectivity index (χ1v) is 5.88. The summed E-state index contributed by atoms with van der Waals surface area (Å²) in [6.45, 7) is 1.89. The Hall–Kier alpha value is -1.06. The van der Waals surface area contributed by atoms with E-state index in [1.165, 1.54) is 0 Å². The van der Waals surface area contributed by atoms with E-state index in [0.29, 0.717) is 16.5 Å². The van der Waals surface area contributed by atoms with Gasteiger partial charge in [-0.1, -0.05) is 27.5 Å². The maximum Gasteiger partial charge on any atom is 0.148 e. The summed E-state index contributed by atoms with van der Waals surface area (Å²) in [4.78, 5) is 4.15. The van der Waals surface area contributed by atoms with Gasteiger partial charge in [0.15, 0.2) is 0 Å². The molecule has 0 unspecified atom stereocenters. The third-order valence-electron chi connectivity index (χ3n) is 2.07. The Morgan fingerprint density at radius 3 is 2.81 bits per heavy atom. The largest absolute Gasteiger partial charge is 0.454 e. The summed E-state index contributed by atoms with van der Waals surface area (Å²) in [5.41, 5.74) is 0.832. The second-order valence-corrected chi connectivity index (χ2v) is 4.59. The van der Waals surface area contributed by atoms with Crippen molar-refractivity contribution in [1.29, 1.82) is 0 Å². The van der Waals surface area contributed by atoms with Crippen molar-refractivity contribution in [2.24, 2.45) is 0 Å². The van der Waals surface area contributed by atoms with Crippen molar-refractivity contribution >= 4 is 27.5 Å².